The van der Waals surface area contributed by atoms with Crippen LogP contribution in [0.1, 0.15) is 29.6 Å². The maximum absolute atomic E-state index is 14.6. The summed E-state index contributed by atoms with van der Waals surface area (Å²) in [6.45, 7) is -0.357. The van der Waals surface area contributed by atoms with Crippen molar-refractivity contribution in [2.75, 3.05) is 11.9 Å². The van der Waals surface area contributed by atoms with Gasteiger partial charge in [-0.1, -0.05) is 6.07 Å². The number of alkyl halides is 3. The Morgan fingerprint density at radius 1 is 1.30 bits per heavy atom. The molecular formula is C19H16BrF4N5O. The van der Waals surface area contributed by atoms with Crippen LogP contribution in [0, 0.1) is 5.82 Å². The molecule has 0 saturated heterocycles. The van der Waals surface area contributed by atoms with E-state index < -0.39 is 24.3 Å². The normalized spacial score (nSPS) is 14.2. The van der Waals surface area contributed by atoms with Crippen molar-refractivity contribution in [3.8, 4) is 11.3 Å². The molecule has 0 unspecified atom stereocenters. The van der Waals surface area contributed by atoms with Gasteiger partial charge in [-0.2, -0.15) is 13.2 Å². The number of benzene rings is 1. The summed E-state index contributed by atoms with van der Waals surface area (Å²) in [4.78, 5) is 20.5. The minimum Gasteiger partial charge on any atom is -0.367 e. The summed E-state index contributed by atoms with van der Waals surface area (Å²) >= 11 is 3.23. The fourth-order valence-corrected chi connectivity index (χ4v) is 3.35. The van der Waals surface area contributed by atoms with Crippen molar-refractivity contribution in [1.82, 2.24) is 19.7 Å². The fraction of sp³-hybridized carbons (Fsp3) is 0.316. The molecule has 2 aromatic heterocycles. The lowest BCUT2D eigenvalue weighted by atomic mass is 10.1. The number of nitrogens with one attached hydrogen (secondary N) is 2. The molecule has 0 spiro atoms. The van der Waals surface area contributed by atoms with Crippen molar-refractivity contribution in [2.24, 2.45) is 0 Å². The maximum Gasteiger partial charge on any atom is 0.390 e. The molecule has 0 bridgehead atoms. The zero-order chi connectivity index (χ0) is 21.5. The van der Waals surface area contributed by atoms with E-state index in [0.717, 1.165) is 12.8 Å². The second-order valence-corrected chi connectivity index (χ2v) is 7.80. The Labute approximate surface area is 176 Å². The number of aromatic nitrogens is 3. The van der Waals surface area contributed by atoms with Gasteiger partial charge in [-0.15, -0.1) is 0 Å². The van der Waals surface area contributed by atoms with E-state index in [0.29, 0.717) is 21.5 Å². The van der Waals surface area contributed by atoms with Crippen LogP contribution in [-0.4, -0.2) is 39.0 Å². The second kappa shape index (κ2) is 7.86. The third kappa shape index (κ3) is 4.55. The molecule has 1 aliphatic rings. The average Bonchev–Trinajstić information content (AvgIpc) is 3.36. The Morgan fingerprint density at radius 3 is 2.73 bits per heavy atom. The molecule has 30 heavy (non-hydrogen) atoms. The molecular weight excluding hydrogens is 470 g/mol. The molecule has 1 aromatic carbocycles. The maximum atomic E-state index is 14.6. The third-order valence-electron chi connectivity index (χ3n) is 4.59. The monoisotopic (exact) mass is 485 g/mol. The number of halogens is 5. The summed E-state index contributed by atoms with van der Waals surface area (Å²) < 4.78 is 53.8. The van der Waals surface area contributed by atoms with Crippen LogP contribution in [-0.2, 0) is 0 Å². The number of imidazole rings is 1. The summed E-state index contributed by atoms with van der Waals surface area (Å²) in [5.74, 6) is -0.958. The smallest absolute Gasteiger partial charge is 0.367 e. The third-order valence-corrected chi connectivity index (χ3v) is 4.97. The highest BCUT2D eigenvalue weighted by atomic mass is 79.9. The molecule has 0 atom stereocenters. The summed E-state index contributed by atoms with van der Waals surface area (Å²) in [6.07, 6.45) is -0.461. The van der Waals surface area contributed by atoms with Gasteiger partial charge < -0.3 is 10.6 Å². The minimum atomic E-state index is -4.29. The van der Waals surface area contributed by atoms with Gasteiger partial charge in [0.05, 0.1) is 23.9 Å². The van der Waals surface area contributed by atoms with Crippen molar-refractivity contribution >= 4 is 33.3 Å². The molecule has 2 N–H and O–H groups in total. The molecule has 1 fully saturated rings. The van der Waals surface area contributed by atoms with E-state index in [1.54, 1.807) is 16.7 Å². The zero-order valence-electron chi connectivity index (χ0n) is 15.4. The van der Waals surface area contributed by atoms with Crippen LogP contribution in [0.15, 0.2) is 35.2 Å². The van der Waals surface area contributed by atoms with E-state index in [-0.39, 0.29) is 24.0 Å². The molecule has 1 aliphatic carbocycles. The van der Waals surface area contributed by atoms with Gasteiger partial charge >= 0.3 is 6.18 Å². The first kappa shape index (κ1) is 20.6. The van der Waals surface area contributed by atoms with Crippen LogP contribution < -0.4 is 10.6 Å². The lowest BCUT2D eigenvalue weighted by Gasteiger charge is -2.11. The van der Waals surface area contributed by atoms with Crippen LogP contribution in [0.5, 0.6) is 0 Å². The van der Waals surface area contributed by atoms with E-state index in [4.69, 9.17) is 0 Å². The molecule has 6 nitrogen and oxygen atoms in total. The summed E-state index contributed by atoms with van der Waals surface area (Å²) in [5, 5.41) is 5.38. The molecule has 1 saturated carbocycles. The van der Waals surface area contributed by atoms with Crippen LogP contribution in [0.25, 0.3) is 16.9 Å². The Morgan fingerprint density at radius 2 is 2.07 bits per heavy atom. The standard InChI is InChI=1S/C19H16BrF4N5O/c20-15-9-29-14(8-26-17(29)16(28-15)25-6-5-19(22,23)24)10-1-4-12(13(21)7-10)18(30)27-11-2-3-11/h1,4,7-9,11H,2-3,5-6H2,(H,25,28)(H,27,30). The first-order chi connectivity index (χ1) is 14.2. The van der Waals surface area contributed by atoms with E-state index in [2.05, 4.69) is 36.5 Å². The van der Waals surface area contributed by atoms with Crippen LogP contribution >= 0.6 is 15.9 Å². The van der Waals surface area contributed by atoms with Gasteiger partial charge in [0, 0.05) is 24.3 Å². The first-order valence-corrected chi connectivity index (χ1v) is 9.95. The fourth-order valence-electron chi connectivity index (χ4n) is 2.96. The highest BCUT2D eigenvalue weighted by molar-refractivity contribution is 9.10. The lowest BCUT2D eigenvalue weighted by Crippen LogP contribution is -2.26. The Hall–Kier alpha value is -2.69. The van der Waals surface area contributed by atoms with Gasteiger partial charge in [-0.05, 0) is 40.9 Å². The predicted octanol–water partition coefficient (Wildman–Crippen LogP) is 4.55. The number of hydrogen-bond donors (Lipinski definition) is 2. The minimum absolute atomic E-state index is 0.0446. The van der Waals surface area contributed by atoms with E-state index in [1.807, 2.05) is 0 Å². The van der Waals surface area contributed by atoms with Crippen LogP contribution in [0.3, 0.4) is 0 Å². The molecule has 11 heteroatoms. The van der Waals surface area contributed by atoms with Crippen molar-refractivity contribution < 1.29 is 22.4 Å². The topological polar surface area (TPSA) is 71.3 Å². The summed E-state index contributed by atoms with van der Waals surface area (Å²) in [5.41, 5.74) is 1.21. The number of nitrogens with zero attached hydrogens (tertiary/aromatic N) is 3. The quantitative estimate of drug-likeness (QED) is 0.502. The Balaban J connectivity index is 1.63. The molecule has 2 heterocycles. The molecule has 0 aliphatic heterocycles. The highest BCUT2D eigenvalue weighted by Crippen LogP contribution is 2.28. The number of anilines is 1. The van der Waals surface area contributed by atoms with Crippen molar-refractivity contribution in [2.45, 2.75) is 31.5 Å². The number of carbonyl (C=O) groups is 1. The van der Waals surface area contributed by atoms with Gasteiger partial charge in [-0.25, -0.2) is 14.4 Å². The van der Waals surface area contributed by atoms with Crippen LogP contribution in [0.4, 0.5) is 23.4 Å². The van der Waals surface area contributed by atoms with E-state index in [9.17, 15) is 22.4 Å². The Kier molecular flexibility index (Phi) is 5.39. The van der Waals surface area contributed by atoms with Crippen molar-refractivity contribution in [1.29, 1.82) is 0 Å². The highest BCUT2D eigenvalue weighted by Gasteiger charge is 2.27. The predicted molar refractivity (Wildman–Crippen MR) is 106 cm³/mol. The Bertz CT molecular complexity index is 1110. The van der Waals surface area contributed by atoms with Gasteiger partial charge in [-0.3, -0.25) is 9.20 Å². The number of hydrogen-bond acceptors (Lipinski definition) is 4. The SMILES string of the molecule is O=C(NC1CC1)c1ccc(-c2cnc3c(NCCC(F)(F)F)nc(Br)cn23)cc1F. The zero-order valence-corrected chi connectivity index (χ0v) is 17.0. The molecule has 158 valence electrons. The second-order valence-electron chi connectivity index (χ2n) is 6.98. The summed E-state index contributed by atoms with van der Waals surface area (Å²) in [6, 6.07) is 4.35. The lowest BCUT2D eigenvalue weighted by molar-refractivity contribution is -0.131. The number of amides is 1. The molecule has 4 rings (SSSR count). The van der Waals surface area contributed by atoms with E-state index >= 15 is 0 Å². The van der Waals surface area contributed by atoms with Gasteiger partial charge in [0.2, 0.25) is 0 Å². The molecule has 3 aromatic rings. The number of carbonyl (C=O) groups excluding carboxylic acids is 1. The van der Waals surface area contributed by atoms with Gasteiger partial charge in [0.15, 0.2) is 11.5 Å². The van der Waals surface area contributed by atoms with Gasteiger partial charge in [0.1, 0.15) is 10.4 Å². The van der Waals surface area contributed by atoms with Crippen molar-refractivity contribution in [3.05, 3.63) is 46.6 Å². The van der Waals surface area contributed by atoms with Crippen LogP contribution in [0.2, 0.25) is 0 Å². The average molecular weight is 486 g/mol. The summed E-state index contributed by atoms with van der Waals surface area (Å²) in [7, 11) is 0. The first-order valence-electron chi connectivity index (χ1n) is 9.16. The largest absolute Gasteiger partial charge is 0.390 e. The molecule has 0 radical (unpaired) electrons. The number of rotatable bonds is 6. The van der Waals surface area contributed by atoms with E-state index in [1.165, 1.54) is 18.3 Å². The van der Waals surface area contributed by atoms with Crippen molar-refractivity contribution in [3.63, 3.8) is 0 Å². The molecule has 1 amide bonds. The van der Waals surface area contributed by atoms with Gasteiger partial charge in [0.25, 0.3) is 5.91 Å². The number of fused-ring (bicyclic) bond motifs is 1.